The molecule has 1 aromatic heterocycles. The van der Waals surface area contributed by atoms with Crippen LogP contribution in [0.3, 0.4) is 0 Å². The van der Waals surface area contributed by atoms with Crippen LogP contribution >= 0.6 is 0 Å². The summed E-state index contributed by atoms with van der Waals surface area (Å²) in [5.41, 5.74) is 10.6. The number of amides is 2. The van der Waals surface area contributed by atoms with Crippen LogP contribution in [-0.4, -0.2) is 52.6 Å². The lowest BCUT2D eigenvalue weighted by Crippen LogP contribution is -2.41. The van der Waals surface area contributed by atoms with Crippen LogP contribution in [0.15, 0.2) is 36.4 Å². The molecule has 9 heteroatoms. The van der Waals surface area contributed by atoms with E-state index in [0.717, 1.165) is 22.3 Å². The van der Waals surface area contributed by atoms with Crippen LogP contribution in [0.25, 0.3) is 0 Å². The molecule has 160 valence electrons. The Balaban J connectivity index is 2.02. The second-order valence-corrected chi connectivity index (χ2v) is 7.90. The van der Waals surface area contributed by atoms with Gasteiger partial charge in [0.2, 0.25) is 0 Å². The van der Waals surface area contributed by atoms with Gasteiger partial charge in [-0.05, 0) is 66.3 Å². The molecule has 0 radical (unpaired) electrons. The fraction of sp³-hybridized carbons (Fsp3) is 0.318. The Labute approximate surface area is 179 Å². The van der Waals surface area contributed by atoms with E-state index in [9.17, 15) is 9.59 Å². The third kappa shape index (κ3) is 3.36. The first-order valence-electron chi connectivity index (χ1n) is 10.1. The van der Waals surface area contributed by atoms with E-state index in [0.29, 0.717) is 29.8 Å². The van der Waals surface area contributed by atoms with Crippen LogP contribution in [-0.2, 0) is 11.8 Å². The molecule has 1 aliphatic rings. The van der Waals surface area contributed by atoms with E-state index < -0.39 is 5.41 Å². The fourth-order valence-electron chi connectivity index (χ4n) is 4.61. The van der Waals surface area contributed by atoms with Gasteiger partial charge in [0.15, 0.2) is 5.82 Å². The first kappa shape index (κ1) is 20.7. The van der Waals surface area contributed by atoms with Gasteiger partial charge in [-0.3, -0.25) is 9.59 Å². The van der Waals surface area contributed by atoms with Crippen LogP contribution in [0.2, 0.25) is 0 Å². The highest BCUT2D eigenvalue weighted by Gasteiger charge is 2.46. The summed E-state index contributed by atoms with van der Waals surface area (Å²) in [5.74, 6) is 0.183. The number of tetrazole rings is 1. The average Bonchev–Trinajstić information content (AvgIpc) is 3.32. The Bertz CT molecular complexity index is 1070. The number of nitrogens with two attached hydrogens (primary N) is 1. The highest BCUT2D eigenvalue weighted by atomic mass is 16.2. The monoisotopic (exact) mass is 419 g/mol. The van der Waals surface area contributed by atoms with Crippen molar-refractivity contribution in [2.24, 2.45) is 5.73 Å². The lowest BCUT2D eigenvalue weighted by Gasteiger charge is -2.40. The lowest BCUT2D eigenvalue weighted by atomic mass is 9.63. The smallest absolute Gasteiger partial charge is 0.251 e. The number of rotatable bonds is 5. The number of nitrogens with zero attached hydrogens (tertiary/aromatic N) is 3. The Morgan fingerprint density at radius 1 is 1.06 bits per heavy atom. The molecule has 1 atom stereocenters. The summed E-state index contributed by atoms with van der Waals surface area (Å²) in [7, 11) is 3.21. The molecule has 1 aliphatic carbocycles. The van der Waals surface area contributed by atoms with E-state index in [-0.39, 0.29) is 17.9 Å². The molecule has 2 amide bonds. The van der Waals surface area contributed by atoms with Crippen molar-refractivity contribution < 1.29 is 9.59 Å². The number of hydrogen-bond acceptors (Lipinski definition) is 6. The maximum Gasteiger partial charge on any atom is 0.251 e. The van der Waals surface area contributed by atoms with Crippen LogP contribution < -0.4 is 16.4 Å². The van der Waals surface area contributed by atoms with E-state index >= 15 is 0 Å². The fourth-order valence-corrected chi connectivity index (χ4v) is 4.61. The Morgan fingerprint density at radius 2 is 1.61 bits per heavy atom. The minimum absolute atomic E-state index is 0.162. The van der Waals surface area contributed by atoms with Crippen molar-refractivity contribution >= 4 is 11.8 Å². The summed E-state index contributed by atoms with van der Waals surface area (Å²) in [6.45, 7) is 1.94. The standard InChI is InChI=1S/C22H25N7O2/c1-12(23)11-22(21-26-28-29-27-21)17-6-4-13(19(30)24-2)8-15(17)10-16-9-14(20(31)25-3)5-7-18(16)22/h4-9,12H,10-11,23H2,1-3H3,(H,24,30)(H,25,31)(H,26,27,28,29)/t12-/m0/s1. The van der Waals surface area contributed by atoms with Crippen molar-refractivity contribution in [3.8, 4) is 0 Å². The van der Waals surface area contributed by atoms with Crippen LogP contribution in [0.1, 0.15) is 62.1 Å². The van der Waals surface area contributed by atoms with E-state index in [1.807, 2.05) is 31.2 Å². The Morgan fingerprint density at radius 3 is 2.03 bits per heavy atom. The van der Waals surface area contributed by atoms with Crippen molar-refractivity contribution in [3.05, 3.63) is 75.6 Å². The quantitative estimate of drug-likeness (QED) is 0.485. The van der Waals surface area contributed by atoms with E-state index in [1.54, 1.807) is 26.2 Å². The second-order valence-electron chi connectivity index (χ2n) is 7.90. The molecule has 1 heterocycles. The Hall–Kier alpha value is -3.59. The Kier molecular flexibility index (Phi) is 5.28. The maximum atomic E-state index is 12.3. The van der Waals surface area contributed by atoms with Crippen LogP contribution in [0.5, 0.6) is 0 Å². The molecule has 4 rings (SSSR count). The van der Waals surface area contributed by atoms with Crippen LogP contribution in [0.4, 0.5) is 0 Å². The van der Waals surface area contributed by atoms with Crippen molar-refractivity contribution in [2.75, 3.05) is 14.1 Å². The van der Waals surface area contributed by atoms with Crippen LogP contribution in [0, 0.1) is 0 Å². The summed E-state index contributed by atoms with van der Waals surface area (Å²) < 4.78 is 0. The molecule has 5 N–H and O–H groups in total. The molecule has 3 aromatic rings. The minimum Gasteiger partial charge on any atom is -0.355 e. The highest BCUT2D eigenvalue weighted by molar-refractivity contribution is 5.95. The number of aromatic nitrogens is 4. The van der Waals surface area contributed by atoms with E-state index in [2.05, 4.69) is 31.3 Å². The molecular formula is C22H25N7O2. The van der Waals surface area contributed by atoms with Gasteiger partial charge in [-0.15, -0.1) is 10.2 Å². The summed E-state index contributed by atoms with van der Waals surface area (Å²) in [5, 5.41) is 20.4. The average molecular weight is 419 g/mol. The lowest BCUT2D eigenvalue weighted by molar-refractivity contribution is 0.0955. The van der Waals surface area contributed by atoms with Gasteiger partial charge < -0.3 is 16.4 Å². The first-order chi connectivity index (χ1) is 14.9. The topological polar surface area (TPSA) is 139 Å². The molecule has 9 nitrogen and oxygen atoms in total. The SMILES string of the molecule is CNC(=O)c1ccc2c(c1)Cc1cc(C(=O)NC)ccc1C2(C[C@H](C)N)c1nn[nH]n1. The summed E-state index contributed by atoms with van der Waals surface area (Å²) >= 11 is 0. The minimum atomic E-state index is -0.757. The molecule has 31 heavy (non-hydrogen) atoms. The number of carbonyl (C=O) groups is 2. The third-order valence-electron chi connectivity index (χ3n) is 5.84. The number of aromatic amines is 1. The molecule has 0 aliphatic heterocycles. The number of fused-ring (bicyclic) bond motifs is 2. The second kappa shape index (κ2) is 7.92. The first-order valence-corrected chi connectivity index (χ1v) is 10.1. The van der Waals surface area contributed by atoms with Gasteiger partial charge in [-0.25, -0.2) is 0 Å². The van der Waals surface area contributed by atoms with Crippen molar-refractivity contribution in [1.29, 1.82) is 0 Å². The molecule has 0 unspecified atom stereocenters. The van der Waals surface area contributed by atoms with Gasteiger partial charge in [0, 0.05) is 31.3 Å². The summed E-state index contributed by atoms with van der Waals surface area (Å²) in [4.78, 5) is 24.5. The van der Waals surface area contributed by atoms with Gasteiger partial charge in [-0.2, -0.15) is 5.21 Å². The largest absolute Gasteiger partial charge is 0.355 e. The number of nitrogens with one attached hydrogen (secondary N) is 3. The molecule has 0 spiro atoms. The molecule has 0 saturated carbocycles. The highest BCUT2D eigenvalue weighted by Crippen LogP contribution is 2.48. The van der Waals surface area contributed by atoms with Gasteiger partial charge in [-0.1, -0.05) is 17.3 Å². The summed E-state index contributed by atoms with van der Waals surface area (Å²) in [6.07, 6.45) is 1.10. The van der Waals surface area contributed by atoms with E-state index in [1.165, 1.54) is 0 Å². The molecule has 2 aromatic carbocycles. The molecular weight excluding hydrogens is 394 g/mol. The maximum absolute atomic E-state index is 12.3. The molecule has 0 fully saturated rings. The molecule has 0 bridgehead atoms. The van der Waals surface area contributed by atoms with Gasteiger partial charge in [0.25, 0.3) is 11.8 Å². The van der Waals surface area contributed by atoms with E-state index in [4.69, 9.17) is 5.73 Å². The van der Waals surface area contributed by atoms with Crippen molar-refractivity contribution in [1.82, 2.24) is 31.3 Å². The number of H-pyrrole nitrogens is 1. The third-order valence-corrected chi connectivity index (χ3v) is 5.84. The predicted molar refractivity (Wildman–Crippen MR) is 115 cm³/mol. The van der Waals surface area contributed by atoms with Gasteiger partial charge in [0.1, 0.15) is 0 Å². The van der Waals surface area contributed by atoms with Crippen molar-refractivity contribution in [2.45, 2.75) is 31.2 Å². The number of benzene rings is 2. The zero-order chi connectivity index (χ0) is 22.2. The molecule has 0 saturated heterocycles. The van der Waals surface area contributed by atoms with Gasteiger partial charge >= 0.3 is 0 Å². The number of carbonyl (C=O) groups excluding carboxylic acids is 2. The zero-order valence-corrected chi connectivity index (χ0v) is 17.7. The predicted octanol–water partition coefficient (Wildman–Crippen LogP) is 0.895. The summed E-state index contributed by atoms with van der Waals surface area (Å²) in [6, 6.07) is 11.1. The zero-order valence-electron chi connectivity index (χ0n) is 17.7. The normalized spacial score (nSPS) is 14.8. The van der Waals surface area contributed by atoms with Crippen molar-refractivity contribution in [3.63, 3.8) is 0 Å². The number of hydrogen-bond donors (Lipinski definition) is 4. The van der Waals surface area contributed by atoms with Gasteiger partial charge in [0.05, 0.1) is 5.41 Å².